The topological polar surface area (TPSA) is 64.2 Å². The lowest BCUT2D eigenvalue weighted by molar-refractivity contribution is 0.0945. The van der Waals surface area contributed by atoms with Crippen LogP contribution in [0, 0.1) is 5.82 Å². The fraction of sp³-hybridized carbons (Fsp3) is 0.0417. The smallest absolute Gasteiger partial charge is 0.272 e. The number of rotatable bonds is 5. The summed E-state index contributed by atoms with van der Waals surface area (Å²) in [5, 5.41) is 7.30. The van der Waals surface area contributed by atoms with Gasteiger partial charge in [0, 0.05) is 36.8 Å². The molecule has 0 spiro atoms. The Balaban J connectivity index is 1.41. The first-order valence-electron chi connectivity index (χ1n) is 9.77. The maximum atomic E-state index is 13.3. The molecule has 0 radical (unpaired) electrons. The van der Waals surface area contributed by atoms with Crippen molar-refractivity contribution in [3.05, 3.63) is 109 Å². The number of aromatic nitrogens is 4. The summed E-state index contributed by atoms with van der Waals surface area (Å²) in [7, 11) is 0. The van der Waals surface area contributed by atoms with Gasteiger partial charge in [0.1, 0.15) is 11.6 Å². The molecular formula is C24H18FN5O. The van der Waals surface area contributed by atoms with Gasteiger partial charge in [-0.05, 0) is 59.2 Å². The van der Waals surface area contributed by atoms with Gasteiger partial charge in [-0.25, -0.2) is 9.07 Å². The molecule has 1 amide bonds. The fourth-order valence-corrected chi connectivity index (χ4v) is 3.43. The van der Waals surface area contributed by atoms with E-state index in [-0.39, 0.29) is 11.7 Å². The summed E-state index contributed by atoms with van der Waals surface area (Å²) in [6.45, 7) is 0.384. The van der Waals surface area contributed by atoms with Crippen LogP contribution in [0.25, 0.3) is 22.5 Å². The highest BCUT2D eigenvalue weighted by molar-refractivity contribution is 5.92. The van der Waals surface area contributed by atoms with Crippen molar-refractivity contribution < 1.29 is 9.18 Å². The standard InChI is InChI=1S/C24H18FN5O/c25-20-6-3-18(4-7-20)19-5-8-21-9-10-23(29(21)16-19)30-13-11-22(28-30)24(31)27-15-17-2-1-12-26-14-17/h1-14,16H,15H2,(H,27,31). The number of hydrogen-bond donors (Lipinski definition) is 1. The molecule has 0 aliphatic rings. The Hall–Kier alpha value is -4.26. The number of pyridine rings is 2. The number of fused-ring (bicyclic) bond motifs is 1. The van der Waals surface area contributed by atoms with E-state index in [4.69, 9.17) is 0 Å². The number of halogens is 1. The zero-order valence-electron chi connectivity index (χ0n) is 16.4. The minimum Gasteiger partial charge on any atom is -0.347 e. The van der Waals surface area contributed by atoms with Crippen LogP contribution in [0.2, 0.25) is 0 Å². The van der Waals surface area contributed by atoms with Gasteiger partial charge in [-0.2, -0.15) is 5.10 Å². The minimum absolute atomic E-state index is 0.254. The van der Waals surface area contributed by atoms with E-state index in [9.17, 15) is 9.18 Å². The zero-order valence-corrected chi connectivity index (χ0v) is 16.4. The highest BCUT2D eigenvalue weighted by Gasteiger charge is 2.12. The van der Waals surface area contributed by atoms with Crippen LogP contribution < -0.4 is 5.32 Å². The van der Waals surface area contributed by atoms with Crippen LogP contribution in [0.3, 0.4) is 0 Å². The van der Waals surface area contributed by atoms with Gasteiger partial charge < -0.3 is 9.72 Å². The molecule has 0 fully saturated rings. The average molecular weight is 411 g/mol. The molecule has 31 heavy (non-hydrogen) atoms. The maximum absolute atomic E-state index is 13.3. The van der Waals surface area contributed by atoms with Gasteiger partial charge in [-0.3, -0.25) is 9.78 Å². The molecular weight excluding hydrogens is 393 g/mol. The molecule has 0 saturated heterocycles. The highest BCUT2D eigenvalue weighted by atomic mass is 19.1. The van der Waals surface area contributed by atoms with Gasteiger partial charge >= 0.3 is 0 Å². The van der Waals surface area contributed by atoms with E-state index in [1.54, 1.807) is 41.5 Å². The van der Waals surface area contributed by atoms with E-state index >= 15 is 0 Å². The van der Waals surface area contributed by atoms with Crippen molar-refractivity contribution in [3.8, 4) is 16.9 Å². The van der Waals surface area contributed by atoms with Crippen LogP contribution in [0.4, 0.5) is 4.39 Å². The predicted octanol–water partition coefficient (Wildman–Crippen LogP) is 4.26. The molecule has 6 nitrogen and oxygen atoms in total. The number of nitrogens with one attached hydrogen (secondary N) is 1. The molecule has 0 atom stereocenters. The fourth-order valence-electron chi connectivity index (χ4n) is 3.43. The van der Waals surface area contributed by atoms with E-state index in [0.29, 0.717) is 12.2 Å². The van der Waals surface area contributed by atoms with Gasteiger partial charge in [0.15, 0.2) is 5.69 Å². The van der Waals surface area contributed by atoms with Gasteiger partial charge in [0.2, 0.25) is 0 Å². The Labute approximate surface area is 177 Å². The van der Waals surface area contributed by atoms with Crippen molar-refractivity contribution in [1.82, 2.24) is 24.5 Å². The van der Waals surface area contributed by atoms with Gasteiger partial charge in [-0.1, -0.05) is 24.3 Å². The van der Waals surface area contributed by atoms with Crippen molar-refractivity contribution in [1.29, 1.82) is 0 Å². The Kier molecular flexibility index (Phi) is 4.76. The molecule has 0 bridgehead atoms. The van der Waals surface area contributed by atoms with Crippen molar-refractivity contribution in [2.24, 2.45) is 0 Å². The number of nitrogens with zero attached hydrogens (tertiary/aromatic N) is 4. The summed E-state index contributed by atoms with van der Waals surface area (Å²) in [5.41, 5.74) is 4.10. The van der Waals surface area contributed by atoms with E-state index in [0.717, 1.165) is 28.0 Å². The van der Waals surface area contributed by atoms with Crippen LogP contribution in [-0.2, 0) is 6.54 Å². The van der Waals surface area contributed by atoms with E-state index in [2.05, 4.69) is 15.4 Å². The van der Waals surface area contributed by atoms with Gasteiger partial charge in [-0.15, -0.1) is 0 Å². The lowest BCUT2D eigenvalue weighted by Gasteiger charge is -2.07. The first-order chi connectivity index (χ1) is 15.2. The third kappa shape index (κ3) is 3.81. The van der Waals surface area contributed by atoms with Gasteiger partial charge in [0.25, 0.3) is 5.91 Å². The molecule has 0 unspecified atom stereocenters. The number of carbonyl (C=O) groups excluding carboxylic acids is 1. The second-order valence-electron chi connectivity index (χ2n) is 7.10. The second-order valence-corrected chi connectivity index (χ2v) is 7.10. The first kappa shape index (κ1) is 18.7. The van der Waals surface area contributed by atoms with Crippen molar-refractivity contribution in [3.63, 3.8) is 0 Å². The SMILES string of the molecule is O=C(NCc1cccnc1)c1ccn(-c2ccc3ccc(-c4ccc(F)cc4)cn23)n1. The summed E-state index contributed by atoms with van der Waals surface area (Å²) >= 11 is 0. The second kappa shape index (κ2) is 7.87. The quantitative estimate of drug-likeness (QED) is 0.470. The minimum atomic E-state index is -0.266. The molecule has 1 N–H and O–H groups in total. The Morgan fingerprint density at radius 2 is 1.77 bits per heavy atom. The van der Waals surface area contributed by atoms with E-state index in [1.165, 1.54) is 12.1 Å². The molecule has 152 valence electrons. The number of benzene rings is 1. The zero-order chi connectivity index (χ0) is 21.2. The Morgan fingerprint density at radius 3 is 2.58 bits per heavy atom. The molecule has 7 heteroatoms. The highest BCUT2D eigenvalue weighted by Crippen LogP contribution is 2.23. The van der Waals surface area contributed by atoms with E-state index in [1.807, 2.05) is 47.0 Å². The predicted molar refractivity (Wildman–Crippen MR) is 115 cm³/mol. The largest absolute Gasteiger partial charge is 0.347 e. The van der Waals surface area contributed by atoms with Crippen molar-refractivity contribution in [2.45, 2.75) is 6.54 Å². The molecule has 4 aromatic heterocycles. The third-order valence-corrected chi connectivity index (χ3v) is 5.04. The summed E-state index contributed by atoms with van der Waals surface area (Å²) in [4.78, 5) is 16.5. The summed E-state index contributed by atoms with van der Waals surface area (Å²) in [5.74, 6) is 0.276. The summed E-state index contributed by atoms with van der Waals surface area (Å²) in [6.07, 6.45) is 7.13. The van der Waals surface area contributed by atoms with Crippen LogP contribution in [-0.4, -0.2) is 25.1 Å². The Morgan fingerprint density at radius 1 is 0.968 bits per heavy atom. The average Bonchev–Trinajstić information content (AvgIpc) is 3.45. The molecule has 1 aromatic carbocycles. The molecule has 4 heterocycles. The normalized spacial score (nSPS) is 11.0. The lowest BCUT2D eigenvalue weighted by Crippen LogP contribution is -2.23. The third-order valence-electron chi connectivity index (χ3n) is 5.04. The molecule has 5 rings (SSSR count). The Bertz CT molecular complexity index is 1360. The molecule has 0 aliphatic heterocycles. The first-order valence-corrected chi connectivity index (χ1v) is 9.77. The van der Waals surface area contributed by atoms with Crippen LogP contribution in [0.15, 0.2) is 91.5 Å². The monoisotopic (exact) mass is 411 g/mol. The molecule has 0 aliphatic carbocycles. The van der Waals surface area contributed by atoms with Crippen LogP contribution in [0.1, 0.15) is 16.1 Å². The summed E-state index contributed by atoms with van der Waals surface area (Å²) < 4.78 is 16.9. The molecule has 0 saturated carbocycles. The number of hydrogen-bond acceptors (Lipinski definition) is 3. The van der Waals surface area contributed by atoms with Crippen LogP contribution >= 0.6 is 0 Å². The number of amides is 1. The lowest BCUT2D eigenvalue weighted by atomic mass is 10.1. The maximum Gasteiger partial charge on any atom is 0.272 e. The van der Waals surface area contributed by atoms with Crippen molar-refractivity contribution >= 4 is 11.4 Å². The summed E-state index contributed by atoms with van der Waals surface area (Å²) in [6, 6.07) is 19.7. The van der Waals surface area contributed by atoms with E-state index < -0.39 is 0 Å². The van der Waals surface area contributed by atoms with Gasteiger partial charge in [0.05, 0.1) is 0 Å². The van der Waals surface area contributed by atoms with Crippen molar-refractivity contribution in [2.75, 3.05) is 0 Å². The number of carbonyl (C=O) groups is 1. The molecule has 5 aromatic rings. The van der Waals surface area contributed by atoms with Crippen LogP contribution in [0.5, 0.6) is 0 Å².